The summed E-state index contributed by atoms with van der Waals surface area (Å²) in [7, 11) is 0. The molecule has 0 saturated heterocycles. The lowest BCUT2D eigenvalue weighted by molar-refractivity contribution is -0.384. The number of esters is 1. The molecule has 0 unspecified atom stereocenters. The van der Waals surface area contributed by atoms with Crippen molar-refractivity contribution in [2.24, 2.45) is 5.73 Å². The number of amides is 2. The number of nitro benzene ring substituents is 1. The zero-order valence-electron chi connectivity index (χ0n) is 13.4. The molecular weight excluding hydrogens is 318 g/mol. The Labute approximate surface area is 138 Å². The average Bonchev–Trinajstić information content (AvgIpc) is 2.50. The van der Waals surface area contributed by atoms with E-state index in [-0.39, 0.29) is 18.7 Å². The van der Waals surface area contributed by atoms with Crippen LogP contribution in [0.2, 0.25) is 0 Å². The summed E-state index contributed by atoms with van der Waals surface area (Å²) in [5, 5.41) is 13.1. The van der Waals surface area contributed by atoms with Crippen LogP contribution in [0.3, 0.4) is 0 Å². The molecule has 0 spiro atoms. The second-order valence-electron chi connectivity index (χ2n) is 5.04. The average molecular weight is 337 g/mol. The third kappa shape index (κ3) is 5.34. The predicted molar refractivity (Wildman–Crippen MR) is 83.9 cm³/mol. The largest absolute Gasteiger partial charge is 0.466 e. The highest BCUT2D eigenvalue weighted by Gasteiger charge is 2.31. The molecule has 9 heteroatoms. The molecule has 0 saturated carbocycles. The van der Waals surface area contributed by atoms with Crippen LogP contribution in [0, 0.1) is 10.1 Å². The second kappa shape index (κ2) is 8.61. The molecule has 24 heavy (non-hydrogen) atoms. The van der Waals surface area contributed by atoms with Crippen LogP contribution in [0.1, 0.15) is 31.7 Å². The van der Waals surface area contributed by atoms with Gasteiger partial charge in [0.2, 0.25) is 11.8 Å². The molecule has 0 fully saturated rings. The molecule has 0 aromatic heterocycles. The highest BCUT2D eigenvalue weighted by molar-refractivity contribution is 5.87. The van der Waals surface area contributed by atoms with E-state index in [0.29, 0.717) is 5.56 Å². The van der Waals surface area contributed by atoms with Crippen molar-refractivity contribution in [3.05, 3.63) is 39.9 Å². The van der Waals surface area contributed by atoms with E-state index >= 15 is 0 Å². The van der Waals surface area contributed by atoms with Gasteiger partial charge in [0.05, 0.1) is 18.0 Å². The quantitative estimate of drug-likeness (QED) is 0.404. The van der Waals surface area contributed by atoms with Crippen LogP contribution in [0.4, 0.5) is 5.69 Å². The summed E-state index contributed by atoms with van der Waals surface area (Å²) in [4.78, 5) is 45.0. The fourth-order valence-electron chi connectivity index (χ4n) is 2.26. The summed E-state index contributed by atoms with van der Waals surface area (Å²) in [6, 6.07) is 4.19. The lowest BCUT2D eigenvalue weighted by Crippen LogP contribution is -2.48. The summed E-state index contributed by atoms with van der Waals surface area (Å²) in [6.07, 6.45) is -0.209. The fraction of sp³-hybridized carbons (Fsp3) is 0.400. The van der Waals surface area contributed by atoms with Gasteiger partial charge in [0.25, 0.3) is 5.69 Å². The maximum atomic E-state index is 11.8. The van der Waals surface area contributed by atoms with Gasteiger partial charge in [-0.3, -0.25) is 24.5 Å². The molecule has 3 N–H and O–H groups in total. The Morgan fingerprint density at radius 2 is 1.88 bits per heavy atom. The summed E-state index contributed by atoms with van der Waals surface area (Å²) in [5.41, 5.74) is 5.65. The van der Waals surface area contributed by atoms with Crippen LogP contribution in [-0.2, 0) is 19.1 Å². The van der Waals surface area contributed by atoms with Crippen LogP contribution in [-0.4, -0.2) is 35.4 Å². The second-order valence-corrected chi connectivity index (χ2v) is 5.04. The highest BCUT2D eigenvalue weighted by Crippen LogP contribution is 2.26. The van der Waals surface area contributed by atoms with E-state index in [1.165, 1.54) is 31.2 Å². The van der Waals surface area contributed by atoms with Crippen molar-refractivity contribution in [2.75, 3.05) is 6.61 Å². The van der Waals surface area contributed by atoms with Crippen LogP contribution >= 0.6 is 0 Å². The number of non-ortho nitro benzene ring substituents is 1. The molecule has 0 bridgehead atoms. The lowest BCUT2D eigenvalue weighted by Gasteiger charge is -2.25. The number of nitrogens with zero attached hydrogens (tertiary/aromatic N) is 1. The summed E-state index contributed by atoms with van der Waals surface area (Å²) >= 11 is 0. The Morgan fingerprint density at radius 3 is 2.29 bits per heavy atom. The van der Waals surface area contributed by atoms with E-state index in [9.17, 15) is 24.5 Å². The molecule has 1 aromatic rings. The molecule has 2 atom stereocenters. The number of carbonyl (C=O) groups is 3. The maximum absolute atomic E-state index is 11.8. The monoisotopic (exact) mass is 337 g/mol. The van der Waals surface area contributed by atoms with Gasteiger partial charge < -0.3 is 15.8 Å². The van der Waals surface area contributed by atoms with E-state index < -0.39 is 34.7 Å². The van der Waals surface area contributed by atoms with Gasteiger partial charge in [-0.25, -0.2) is 0 Å². The van der Waals surface area contributed by atoms with Crippen molar-refractivity contribution in [3.63, 3.8) is 0 Å². The number of carbonyl (C=O) groups excluding carboxylic acids is 3. The van der Waals surface area contributed by atoms with Gasteiger partial charge in [0.15, 0.2) is 0 Å². The van der Waals surface area contributed by atoms with Gasteiger partial charge in [0.1, 0.15) is 6.04 Å². The van der Waals surface area contributed by atoms with Crippen molar-refractivity contribution in [2.45, 2.75) is 32.2 Å². The Bertz CT molecular complexity index is 629. The minimum absolute atomic E-state index is 0.135. The van der Waals surface area contributed by atoms with Gasteiger partial charge in [-0.1, -0.05) is 12.1 Å². The number of hydrogen-bond donors (Lipinski definition) is 2. The summed E-state index contributed by atoms with van der Waals surface area (Å²) < 4.78 is 4.88. The summed E-state index contributed by atoms with van der Waals surface area (Å²) in [6.45, 7) is 3.01. The maximum Gasteiger partial charge on any atom is 0.306 e. The number of ether oxygens (including phenoxy) is 1. The van der Waals surface area contributed by atoms with E-state index in [2.05, 4.69) is 5.32 Å². The van der Waals surface area contributed by atoms with Crippen molar-refractivity contribution in [1.29, 1.82) is 0 Å². The molecule has 130 valence electrons. The highest BCUT2D eigenvalue weighted by atomic mass is 16.6. The minimum Gasteiger partial charge on any atom is -0.466 e. The van der Waals surface area contributed by atoms with Crippen LogP contribution in [0.25, 0.3) is 0 Å². The number of nitrogens with two attached hydrogens (primary N) is 1. The lowest BCUT2D eigenvalue weighted by atomic mass is 9.87. The molecule has 0 aliphatic heterocycles. The first kappa shape index (κ1) is 19.1. The van der Waals surface area contributed by atoms with Crippen LogP contribution < -0.4 is 11.1 Å². The van der Waals surface area contributed by atoms with Gasteiger partial charge in [-0.05, 0) is 12.5 Å². The molecule has 1 rings (SSSR count). The SMILES string of the molecule is CCOC(=O)C[C@@H](c1ccc([N+](=O)[O-])cc1)[C@H](NC(C)=O)C(N)=O. The van der Waals surface area contributed by atoms with E-state index in [0.717, 1.165) is 0 Å². The van der Waals surface area contributed by atoms with Crippen molar-refractivity contribution in [1.82, 2.24) is 5.32 Å². The molecule has 0 radical (unpaired) electrons. The topological polar surface area (TPSA) is 142 Å². The third-order valence-electron chi connectivity index (χ3n) is 3.29. The van der Waals surface area contributed by atoms with Crippen LogP contribution in [0.5, 0.6) is 0 Å². The summed E-state index contributed by atoms with van der Waals surface area (Å²) in [5.74, 6) is -2.68. The van der Waals surface area contributed by atoms with Gasteiger partial charge in [-0.15, -0.1) is 0 Å². The van der Waals surface area contributed by atoms with Crippen molar-refractivity contribution < 1.29 is 24.0 Å². The number of primary amides is 1. The zero-order valence-corrected chi connectivity index (χ0v) is 13.4. The fourth-order valence-corrected chi connectivity index (χ4v) is 2.26. The van der Waals surface area contributed by atoms with Gasteiger partial charge in [0, 0.05) is 25.0 Å². The Hall–Kier alpha value is -2.97. The smallest absolute Gasteiger partial charge is 0.306 e. The molecule has 9 nitrogen and oxygen atoms in total. The van der Waals surface area contributed by atoms with E-state index in [1.54, 1.807) is 6.92 Å². The van der Waals surface area contributed by atoms with Gasteiger partial charge >= 0.3 is 5.97 Å². The number of hydrogen-bond acceptors (Lipinski definition) is 6. The van der Waals surface area contributed by atoms with E-state index in [4.69, 9.17) is 10.5 Å². The Morgan fingerprint density at radius 1 is 1.29 bits per heavy atom. The number of benzene rings is 1. The number of rotatable bonds is 8. The predicted octanol–water partition coefficient (Wildman–Crippen LogP) is 0.622. The van der Waals surface area contributed by atoms with Crippen molar-refractivity contribution in [3.8, 4) is 0 Å². The first-order chi connectivity index (χ1) is 11.3. The Kier molecular flexibility index (Phi) is 6.84. The normalized spacial score (nSPS) is 12.8. The van der Waals surface area contributed by atoms with Gasteiger partial charge in [-0.2, -0.15) is 0 Å². The first-order valence-corrected chi connectivity index (χ1v) is 7.22. The molecule has 0 heterocycles. The Balaban J connectivity index is 3.19. The van der Waals surface area contributed by atoms with E-state index in [1.807, 2.05) is 0 Å². The third-order valence-corrected chi connectivity index (χ3v) is 3.29. The molecule has 1 aromatic carbocycles. The first-order valence-electron chi connectivity index (χ1n) is 7.22. The molecule has 0 aliphatic rings. The molecule has 0 aliphatic carbocycles. The van der Waals surface area contributed by atoms with Crippen LogP contribution in [0.15, 0.2) is 24.3 Å². The standard InChI is InChI=1S/C15H19N3O6/c1-3-24-13(20)8-12(14(15(16)21)17-9(2)19)10-4-6-11(7-5-10)18(22)23/h4-7,12,14H,3,8H2,1-2H3,(H2,16,21)(H,17,19)/t12-,14-/m0/s1. The minimum atomic E-state index is -1.15. The number of nitrogens with one attached hydrogen (secondary N) is 1. The van der Waals surface area contributed by atoms with Crippen molar-refractivity contribution >= 4 is 23.5 Å². The molecule has 2 amide bonds. The zero-order chi connectivity index (χ0) is 18.3. The molecular formula is C15H19N3O6. The number of nitro groups is 1.